The first-order valence-electron chi connectivity index (χ1n) is 13.5. The zero-order valence-corrected chi connectivity index (χ0v) is 25.3. The van der Waals surface area contributed by atoms with Crippen molar-refractivity contribution < 1.29 is 37.3 Å². The van der Waals surface area contributed by atoms with Gasteiger partial charge in [-0.2, -0.15) is 23.3 Å². The number of hydrogen-bond acceptors (Lipinski definition) is 8. The van der Waals surface area contributed by atoms with Crippen LogP contribution in [-0.2, 0) is 16.0 Å². The maximum absolute atomic E-state index is 14.4. The second-order valence-electron chi connectivity index (χ2n) is 11.0. The Hall–Kier alpha value is -4.85. The first-order chi connectivity index (χ1) is 21.0. The highest BCUT2D eigenvalue weighted by Gasteiger charge is 2.45. The predicted octanol–water partition coefficient (Wildman–Crippen LogP) is 6.08. The van der Waals surface area contributed by atoms with Gasteiger partial charge in [0.15, 0.2) is 0 Å². The van der Waals surface area contributed by atoms with E-state index in [1.54, 1.807) is 58.0 Å². The molecule has 4 N–H and O–H groups in total. The molecule has 0 fully saturated rings. The number of nitrogens with two attached hydrogens (primary N) is 1. The summed E-state index contributed by atoms with van der Waals surface area (Å²) in [5.41, 5.74) is 6.57. The molecule has 4 aromatic rings. The minimum absolute atomic E-state index is 0.0663. The highest BCUT2D eigenvalue weighted by Crippen LogP contribution is 2.40. The topological polar surface area (TPSA) is 154 Å². The molecular weight excluding hydrogens is 617 g/mol. The SMILES string of the molecule is Cc1ccn(-c2cc(Cl)ccc2[C@@H](Oc2cc(-c3ccc(CC(NC(=O)OC(C)(C)C)C(=O)O)cc3)nc(N)n2)C(F)(F)F)n1. The lowest BCUT2D eigenvalue weighted by molar-refractivity contribution is -0.198. The number of aliphatic carboxylic acids is 1. The molecule has 2 aromatic carbocycles. The van der Waals surface area contributed by atoms with Gasteiger partial charge in [-0.25, -0.2) is 19.3 Å². The number of alkyl carbamates (subject to hydrolysis) is 1. The third kappa shape index (κ3) is 8.85. The van der Waals surface area contributed by atoms with Gasteiger partial charge in [0.05, 0.1) is 17.1 Å². The Bertz CT molecular complexity index is 1690. The van der Waals surface area contributed by atoms with E-state index >= 15 is 0 Å². The second kappa shape index (κ2) is 13.0. The molecule has 1 unspecified atom stereocenters. The van der Waals surface area contributed by atoms with Crippen molar-refractivity contribution in [1.29, 1.82) is 0 Å². The van der Waals surface area contributed by atoms with Crippen molar-refractivity contribution in [3.8, 4) is 22.8 Å². The Kier molecular flexibility index (Phi) is 9.56. The maximum Gasteiger partial charge on any atom is 0.429 e. The molecule has 2 aromatic heterocycles. The fourth-order valence-electron chi connectivity index (χ4n) is 4.26. The number of carboxylic acid groups (broad SMARTS) is 1. The van der Waals surface area contributed by atoms with Crippen LogP contribution in [0.25, 0.3) is 16.9 Å². The number of carboxylic acids is 1. The van der Waals surface area contributed by atoms with Crippen LogP contribution >= 0.6 is 11.6 Å². The molecule has 0 saturated heterocycles. The van der Waals surface area contributed by atoms with Crippen molar-refractivity contribution in [2.24, 2.45) is 0 Å². The second-order valence-corrected chi connectivity index (χ2v) is 11.5. The minimum atomic E-state index is -4.87. The number of carbonyl (C=O) groups is 2. The highest BCUT2D eigenvalue weighted by molar-refractivity contribution is 6.30. The third-order valence-corrected chi connectivity index (χ3v) is 6.41. The molecule has 0 saturated carbocycles. The van der Waals surface area contributed by atoms with E-state index in [-0.39, 0.29) is 34.3 Å². The number of aromatic nitrogens is 4. The zero-order chi connectivity index (χ0) is 33.1. The lowest BCUT2D eigenvalue weighted by atomic mass is 10.0. The molecular formula is C30H30ClF3N6O5. The molecule has 2 atom stereocenters. The molecule has 45 heavy (non-hydrogen) atoms. The number of nitrogens with one attached hydrogen (secondary N) is 1. The van der Waals surface area contributed by atoms with E-state index in [1.807, 2.05) is 0 Å². The van der Waals surface area contributed by atoms with Crippen molar-refractivity contribution in [2.45, 2.75) is 58.0 Å². The van der Waals surface area contributed by atoms with Gasteiger partial charge in [-0.1, -0.05) is 41.9 Å². The van der Waals surface area contributed by atoms with Gasteiger partial charge in [0.25, 0.3) is 0 Å². The summed E-state index contributed by atoms with van der Waals surface area (Å²) in [5.74, 6) is -2.03. The summed E-state index contributed by atoms with van der Waals surface area (Å²) < 4.78 is 55.2. The lowest BCUT2D eigenvalue weighted by Crippen LogP contribution is -2.44. The minimum Gasteiger partial charge on any atom is -0.480 e. The van der Waals surface area contributed by atoms with E-state index in [0.717, 1.165) is 0 Å². The van der Waals surface area contributed by atoms with Gasteiger partial charge in [-0.05, 0) is 51.5 Å². The summed E-state index contributed by atoms with van der Waals surface area (Å²) in [7, 11) is 0. The molecule has 11 nitrogen and oxygen atoms in total. The summed E-state index contributed by atoms with van der Waals surface area (Å²) in [6.07, 6.45) is -6.78. The highest BCUT2D eigenvalue weighted by atomic mass is 35.5. The van der Waals surface area contributed by atoms with Gasteiger partial charge >= 0.3 is 18.2 Å². The van der Waals surface area contributed by atoms with Crippen LogP contribution in [0.3, 0.4) is 0 Å². The Balaban J connectivity index is 1.59. The monoisotopic (exact) mass is 646 g/mol. The summed E-state index contributed by atoms with van der Waals surface area (Å²) in [6.45, 7) is 6.65. The lowest BCUT2D eigenvalue weighted by Gasteiger charge is -2.24. The number of halogens is 4. The summed E-state index contributed by atoms with van der Waals surface area (Å²) in [5, 5.41) is 16.3. The fourth-order valence-corrected chi connectivity index (χ4v) is 4.43. The van der Waals surface area contributed by atoms with Gasteiger partial charge in [-0.15, -0.1) is 0 Å². The van der Waals surface area contributed by atoms with E-state index < -0.39 is 41.9 Å². The molecule has 0 aliphatic heterocycles. The largest absolute Gasteiger partial charge is 0.480 e. The van der Waals surface area contributed by atoms with Crippen molar-refractivity contribution >= 4 is 29.6 Å². The summed E-state index contributed by atoms with van der Waals surface area (Å²) in [6, 6.07) is 11.8. The number of alkyl halides is 3. The van der Waals surface area contributed by atoms with Crippen LogP contribution in [-0.4, -0.2) is 54.7 Å². The molecule has 15 heteroatoms. The number of nitrogen functional groups attached to an aromatic ring is 1. The Morgan fingerprint density at radius 2 is 1.76 bits per heavy atom. The standard InChI is InChI=1S/C30H30ClF3N6O5/c1-16-11-12-40(39-16)23-14-19(31)9-10-20(23)25(30(32,33)34)44-24-15-21(36-27(35)38-24)18-7-5-17(6-8-18)13-22(26(41)42)37-28(43)45-29(2,3)4/h5-12,14-15,22,25H,13H2,1-4H3,(H,37,43)(H,41,42)(H2,35,36,38)/t22?,25-/m1/s1. The van der Waals surface area contributed by atoms with Crippen LogP contribution in [0.1, 0.15) is 43.7 Å². The van der Waals surface area contributed by atoms with Crippen LogP contribution in [0, 0.1) is 6.92 Å². The van der Waals surface area contributed by atoms with E-state index in [0.29, 0.717) is 16.8 Å². The van der Waals surface area contributed by atoms with Crippen molar-refractivity contribution in [2.75, 3.05) is 5.73 Å². The van der Waals surface area contributed by atoms with Gasteiger partial charge in [0, 0.05) is 34.8 Å². The summed E-state index contributed by atoms with van der Waals surface area (Å²) in [4.78, 5) is 31.8. The number of ether oxygens (including phenoxy) is 2. The van der Waals surface area contributed by atoms with E-state index in [9.17, 15) is 27.9 Å². The number of benzene rings is 2. The number of amides is 1. The van der Waals surface area contributed by atoms with Gasteiger partial charge < -0.3 is 25.6 Å². The van der Waals surface area contributed by atoms with Crippen LogP contribution in [0.4, 0.5) is 23.9 Å². The maximum atomic E-state index is 14.4. The molecule has 0 aliphatic rings. The van der Waals surface area contributed by atoms with E-state index in [4.69, 9.17) is 26.8 Å². The molecule has 0 aliphatic carbocycles. The number of hydrogen-bond donors (Lipinski definition) is 3. The normalized spacial score (nSPS) is 13.2. The number of rotatable bonds is 9. The van der Waals surface area contributed by atoms with Crippen molar-refractivity contribution in [3.05, 3.63) is 82.6 Å². The smallest absolute Gasteiger partial charge is 0.429 e. The van der Waals surface area contributed by atoms with Crippen LogP contribution in [0.15, 0.2) is 60.8 Å². The Morgan fingerprint density at radius 3 is 2.33 bits per heavy atom. The number of anilines is 1. The Labute approximate surface area is 261 Å². The average Bonchev–Trinajstić information content (AvgIpc) is 3.36. The molecule has 0 bridgehead atoms. The number of aryl methyl sites for hydroxylation is 1. The van der Waals surface area contributed by atoms with E-state index in [2.05, 4.69) is 20.4 Å². The average molecular weight is 647 g/mol. The van der Waals surface area contributed by atoms with Crippen LogP contribution in [0.5, 0.6) is 5.88 Å². The van der Waals surface area contributed by atoms with Crippen molar-refractivity contribution in [1.82, 2.24) is 25.1 Å². The Morgan fingerprint density at radius 1 is 1.07 bits per heavy atom. The molecule has 1 amide bonds. The molecule has 238 valence electrons. The predicted molar refractivity (Wildman–Crippen MR) is 159 cm³/mol. The number of nitrogens with zero attached hydrogens (tertiary/aromatic N) is 4. The fraction of sp³-hybridized carbons (Fsp3) is 0.300. The zero-order valence-electron chi connectivity index (χ0n) is 24.6. The third-order valence-electron chi connectivity index (χ3n) is 6.18. The van der Waals surface area contributed by atoms with Gasteiger partial charge in [0.2, 0.25) is 17.9 Å². The van der Waals surface area contributed by atoms with Crippen molar-refractivity contribution in [3.63, 3.8) is 0 Å². The first kappa shape index (κ1) is 33.1. The van der Waals surface area contributed by atoms with Crippen LogP contribution < -0.4 is 15.8 Å². The van der Waals surface area contributed by atoms with Crippen LogP contribution in [0.2, 0.25) is 5.02 Å². The molecule has 0 spiro atoms. The molecule has 4 rings (SSSR count). The molecule has 0 radical (unpaired) electrons. The van der Waals surface area contributed by atoms with E-state index in [1.165, 1.54) is 35.1 Å². The quantitative estimate of drug-likeness (QED) is 0.196. The molecule has 2 heterocycles. The van der Waals surface area contributed by atoms with Gasteiger partial charge in [-0.3, -0.25) is 0 Å². The summed E-state index contributed by atoms with van der Waals surface area (Å²) >= 11 is 6.11. The van der Waals surface area contributed by atoms with Gasteiger partial charge in [0.1, 0.15) is 11.6 Å². The number of carbonyl (C=O) groups excluding carboxylic acids is 1. The first-order valence-corrected chi connectivity index (χ1v) is 13.9.